The first-order chi connectivity index (χ1) is 7.38. The number of nitrogens with zero attached hydrogens (tertiary/aromatic N) is 1. The van der Waals surface area contributed by atoms with Gasteiger partial charge in [-0.2, -0.15) is 0 Å². The molecule has 74 valence electrons. The Morgan fingerprint density at radius 2 is 1.00 bits per heavy atom. The first-order valence-corrected chi connectivity index (χ1v) is 4.50. The Morgan fingerprint density at radius 1 is 0.733 bits per heavy atom. The molecule has 0 radical (unpaired) electrons. The molecule has 0 aliphatic carbocycles. The van der Waals surface area contributed by atoms with Crippen molar-refractivity contribution in [2.24, 2.45) is 0 Å². The molecule has 2 rings (SSSR count). The van der Waals surface area contributed by atoms with Gasteiger partial charge in [0.15, 0.2) is 0 Å². The number of isocyanates is 1. The van der Waals surface area contributed by atoms with Crippen LogP contribution in [0.2, 0.25) is 0 Å². The topological polar surface area (TPSA) is 39.4 Å². The SMILES string of the molecule is [N-]=C=O.c1ccc(-c2ccccc2)cc1. The molecule has 0 aliphatic rings. The van der Waals surface area contributed by atoms with Crippen LogP contribution in [0.1, 0.15) is 0 Å². The highest BCUT2D eigenvalue weighted by Gasteiger charge is 1.91. The smallest absolute Gasteiger partial charge is 0.0159 e. The number of rotatable bonds is 1. The minimum absolute atomic E-state index is 0.500. The van der Waals surface area contributed by atoms with Crippen LogP contribution in [0.25, 0.3) is 16.5 Å². The normalized spacial score (nSPS) is 8.27. The summed E-state index contributed by atoms with van der Waals surface area (Å²) in [5, 5.41) is 6.76. The summed E-state index contributed by atoms with van der Waals surface area (Å²) in [6, 6.07) is 20.8. The van der Waals surface area contributed by atoms with E-state index in [9.17, 15) is 0 Å². The maximum absolute atomic E-state index is 8.24. The summed E-state index contributed by atoms with van der Waals surface area (Å²) in [4.78, 5) is 8.24. The van der Waals surface area contributed by atoms with Crippen LogP contribution in [-0.4, -0.2) is 6.08 Å². The van der Waals surface area contributed by atoms with Crippen molar-refractivity contribution in [2.45, 2.75) is 0 Å². The van der Waals surface area contributed by atoms with Crippen LogP contribution in [0.5, 0.6) is 0 Å². The molecule has 2 nitrogen and oxygen atoms in total. The van der Waals surface area contributed by atoms with Gasteiger partial charge in [-0.3, -0.25) is 4.79 Å². The predicted molar refractivity (Wildman–Crippen MR) is 60.9 cm³/mol. The monoisotopic (exact) mass is 196 g/mol. The molecule has 2 aromatic rings. The molecule has 2 heteroatoms. The quantitative estimate of drug-likeness (QED) is 0.509. The van der Waals surface area contributed by atoms with E-state index in [0.717, 1.165) is 0 Å². The summed E-state index contributed by atoms with van der Waals surface area (Å²) >= 11 is 0. The molecule has 0 spiro atoms. The number of hydrogen-bond acceptors (Lipinski definition) is 1. The van der Waals surface area contributed by atoms with E-state index >= 15 is 0 Å². The van der Waals surface area contributed by atoms with Crippen molar-refractivity contribution in [2.75, 3.05) is 0 Å². The lowest BCUT2D eigenvalue weighted by Crippen LogP contribution is -1.73. The third kappa shape index (κ3) is 3.59. The summed E-state index contributed by atoms with van der Waals surface area (Å²) in [7, 11) is 0. The first kappa shape index (κ1) is 10.9. The van der Waals surface area contributed by atoms with Crippen molar-refractivity contribution >= 4 is 6.08 Å². The molecule has 0 aromatic heterocycles. The van der Waals surface area contributed by atoms with E-state index < -0.39 is 0 Å². The van der Waals surface area contributed by atoms with Gasteiger partial charge in [0.05, 0.1) is 0 Å². The van der Waals surface area contributed by atoms with Crippen LogP contribution in [0, 0.1) is 0 Å². The van der Waals surface area contributed by atoms with Crippen molar-refractivity contribution < 1.29 is 4.79 Å². The summed E-state index contributed by atoms with van der Waals surface area (Å²) in [5.41, 5.74) is 2.55. The standard InChI is InChI=1S/C12H10.CNO/c1-3-7-11(8-4-1)12-9-5-2-6-10-12;2-1-3/h1-10H;/q;-1. The zero-order valence-corrected chi connectivity index (χ0v) is 8.13. The third-order valence-corrected chi connectivity index (χ3v) is 1.88. The van der Waals surface area contributed by atoms with Gasteiger partial charge < -0.3 is 5.41 Å². The lowest BCUT2D eigenvalue weighted by atomic mass is 10.1. The van der Waals surface area contributed by atoms with E-state index in [-0.39, 0.29) is 0 Å². The van der Waals surface area contributed by atoms with Gasteiger partial charge in [-0.15, -0.1) is 0 Å². The van der Waals surface area contributed by atoms with Gasteiger partial charge in [0.2, 0.25) is 0 Å². The van der Waals surface area contributed by atoms with Crippen LogP contribution in [-0.2, 0) is 4.79 Å². The minimum atomic E-state index is 0.500. The highest BCUT2D eigenvalue weighted by Crippen LogP contribution is 2.17. The first-order valence-electron chi connectivity index (χ1n) is 4.50. The summed E-state index contributed by atoms with van der Waals surface area (Å²) in [6.45, 7) is 0. The zero-order chi connectivity index (χ0) is 10.9. The van der Waals surface area contributed by atoms with E-state index in [1.807, 2.05) is 12.1 Å². The molecule has 0 saturated carbocycles. The van der Waals surface area contributed by atoms with E-state index in [0.29, 0.717) is 6.08 Å². The summed E-state index contributed by atoms with van der Waals surface area (Å²) in [5.74, 6) is 0. The molecular formula is C13H10NO-. The van der Waals surface area contributed by atoms with Gasteiger partial charge >= 0.3 is 0 Å². The molecule has 0 amide bonds. The van der Waals surface area contributed by atoms with Crippen LogP contribution in [0.15, 0.2) is 60.7 Å². The van der Waals surface area contributed by atoms with Crippen LogP contribution in [0.3, 0.4) is 0 Å². The minimum Gasteiger partial charge on any atom is -0.724 e. The van der Waals surface area contributed by atoms with Crippen molar-refractivity contribution in [3.05, 3.63) is 66.1 Å². The van der Waals surface area contributed by atoms with E-state index in [1.165, 1.54) is 11.1 Å². The Morgan fingerprint density at radius 3 is 1.27 bits per heavy atom. The van der Waals surface area contributed by atoms with Gasteiger partial charge in [0.1, 0.15) is 0 Å². The van der Waals surface area contributed by atoms with Gasteiger partial charge in [-0.05, 0) is 17.2 Å². The Bertz CT molecular complexity index is 379. The van der Waals surface area contributed by atoms with E-state index in [1.54, 1.807) is 0 Å². The van der Waals surface area contributed by atoms with Crippen LogP contribution in [0.4, 0.5) is 0 Å². The molecule has 0 saturated heterocycles. The second-order valence-corrected chi connectivity index (χ2v) is 2.82. The Hall–Kier alpha value is -2.18. The van der Waals surface area contributed by atoms with E-state index in [2.05, 4.69) is 48.5 Å². The van der Waals surface area contributed by atoms with Gasteiger partial charge in [0.25, 0.3) is 0 Å². The van der Waals surface area contributed by atoms with Gasteiger partial charge in [0, 0.05) is 0 Å². The molecule has 0 fully saturated rings. The van der Waals surface area contributed by atoms with Gasteiger partial charge in [-0.25, -0.2) is 0 Å². The summed E-state index contributed by atoms with van der Waals surface area (Å²) < 4.78 is 0. The molecule has 0 unspecified atom stereocenters. The lowest BCUT2D eigenvalue weighted by molar-refractivity contribution is 0.569. The predicted octanol–water partition coefficient (Wildman–Crippen LogP) is 3.25. The maximum Gasteiger partial charge on any atom is -0.0159 e. The highest BCUT2D eigenvalue weighted by atomic mass is 16.1. The summed E-state index contributed by atoms with van der Waals surface area (Å²) in [6.07, 6.45) is 0.500. The van der Waals surface area contributed by atoms with Crippen molar-refractivity contribution in [3.63, 3.8) is 0 Å². The average Bonchev–Trinajstić information content (AvgIpc) is 2.32. The average molecular weight is 196 g/mol. The fourth-order valence-corrected chi connectivity index (χ4v) is 1.26. The fourth-order valence-electron chi connectivity index (χ4n) is 1.26. The highest BCUT2D eigenvalue weighted by molar-refractivity contribution is 5.62. The van der Waals surface area contributed by atoms with Crippen LogP contribution < -0.4 is 0 Å². The molecule has 0 aliphatic heterocycles. The molecular weight excluding hydrogens is 186 g/mol. The second kappa shape index (κ2) is 6.30. The van der Waals surface area contributed by atoms with Gasteiger partial charge in [-0.1, -0.05) is 60.7 Å². The molecule has 0 heterocycles. The molecule has 15 heavy (non-hydrogen) atoms. The number of benzene rings is 2. The zero-order valence-electron chi connectivity index (χ0n) is 8.13. The molecule has 0 atom stereocenters. The number of carbonyl (C=O) groups excluding carboxylic acids is 1. The van der Waals surface area contributed by atoms with E-state index in [4.69, 9.17) is 10.2 Å². The van der Waals surface area contributed by atoms with Crippen molar-refractivity contribution in [3.8, 4) is 11.1 Å². The Labute approximate surface area is 88.7 Å². The Kier molecular flexibility index (Phi) is 4.58. The molecule has 0 N–H and O–H groups in total. The number of hydrogen-bond donors (Lipinski definition) is 0. The lowest BCUT2D eigenvalue weighted by Gasteiger charge is -1.98. The fraction of sp³-hybridized carbons (Fsp3) is 0. The largest absolute Gasteiger partial charge is 0.724 e. The van der Waals surface area contributed by atoms with Crippen LogP contribution >= 0.6 is 0 Å². The molecule has 0 bridgehead atoms. The maximum atomic E-state index is 8.24. The van der Waals surface area contributed by atoms with Crippen molar-refractivity contribution in [1.82, 2.24) is 0 Å². The third-order valence-electron chi connectivity index (χ3n) is 1.88. The van der Waals surface area contributed by atoms with Crippen molar-refractivity contribution in [1.29, 1.82) is 0 Å². The Balaban J connectivity index is 0.000000337. The molecule has 2 aromatic carbocycles. The second-order valence-electron chi connectivity index (χ2n) is 2.82.